The molecule has 1 aliphatic rings. The molecule has 3 atom stereocenters. The molecular formula is C30H37N3O6. The van der Waals surface area contributed by atoms with Gasteiger partial charge in [-0.1, -0.05) is 94.3 Å². The molecule has 0 radical (unpaired) electrons. The molecule has 1 saturated heterocycles. The molecule has 9 heteroatoms. The summed E-state index contributed by atoms with van der Waals surface area (Å²) < 4.78 is 5.48. The number of benzene rings is 2. The summed E-state index contributed by atoms with van der Waals surface area (Å²) in [6, 6.07) is 16.8. The normalized spacial score (nSPS) is 17.7. The number of hydrogen-bond donors (Lipinski definition) is 2. The molecular weight excluding hydrogens is 498 g/mol. The van der Waals surface area contributed by atoms with Crippen LogP contribution in [0, 0.1) is 5.41 Å². The van der Waals surface area contributed by atoms with E-state index in [-0.39, 0.29) is 25.3 Å². The van der Waals surface area contributed by atoms with E-state index in [0.717, 1.165) is 22.4 Å². The molecule has 4 amide bonds. The predicted octanol–water partition coefficient (Wildman–Crippen LogP) is 3.72. The number of Topliss-reactive ketones (excluding diaryl/α,β-unsaturated/α-hetero) is 1. The Labute approximate surface area is 229 Å². The fourth-order valence-electron chi connectivity index (χ4n) is 4.54. The van der Waals surface area contributed by atoms with Gasteiger partial charge in [-0.3, -0.25) is 24.1 Å². The standard InChI is InChI=1S/C30H37N3O6/c1-5-6-17-23(25(35)27(36)31-20(2)22-15-11-8-12-16-22)32-29(38)39-26-28(37)33(19-30(26,3)4)24(34)18-21-13-9-7-10-14-21/h7-16,20,23,26H,5-6,17-19H2,1-4H3,(H,31,36)(H,32,38)/t20-,23+,26-/m1/s1. The molecule has 0 aliphatic carbocycles. The molecule has 0 spiro atoms. The van der Waals surface area contributed by atoms with Crippen molar-refractivity contribution in [2.24, 2.45) is 5.41 Å². The van der Waals surface area contributed by atoms with Gasteiger partial charge in [0.1, 0.15) is 6.04 Å². The number of ether oxygens (including phenoxy) is 1. The zero-order valence-corrected chi connectivity index (χ0v) is 22.9. The Balaban J connectivity index is 1.64. The van der Waals surface area contributed by atoms with Crippen LogP contribution in [0.25, 0.3) is 0 Å². The Bertz CT molecular complexity index is 1180. The Morgan fingerprint density at radius 1 is 1.00 bits per heavy atom. The van der Waals surface area contributed by atoms with Crippen LogP contribution in [-0.2, 0) is 30.3 Å². The smallest absolute Gasteiger partial charge is 0.408 e. The maximum atomic E-state index is 13.1. The van der Waals surface area contributed by atoms with E-state index < -0.39 is 47.3 Å². The van der Waals surface area contributed by atoms with Crippen LogP contribution in [-0.4, -0.2) is 53.2 Å². The summed E-state index contributed by atoms with van der Waals surface area (Å²) in [5.41, 5.74) is 0.767. The first-order valence-electron chi connectivity index (χ1n) is 13.3. The van der Waals surface area contributed by atoms with Gasteiger partial charge < -0.3 is 15.4 Å². The first-order valence-corrected chi connectivity index (χ1v) is 13.3. The highest BCUT2D eigenvalue weighted by atomic mass is 16.6. The van der Waals surface area contributed by atoms with Crippen LogP contribution in [0.15, 0.2) is 60.7 Å². The Hall–Kier alpha value is -4.01. The SMILES string of the molecule is CCCC[C@H](NC(=O)O[C@@H]1C(=O)N(C(=O)Cc2ccccc2)CC1(C)C)C(=O)C(=O)N[C@H](C)c1ccccc1. The molecule has 1 fully saturated rings. The van der Waals surface area contributed by atoms with E-state index in [9.17, 15) is 24.0 Å². The third-order valence-electron chi connectivity index (χ3n) is 6.82. The number of rotatable bonds is 11. The predicted molar refractivity (Wildman–Crippen MR) is 145 cm³/mol. The van der Waals surface area contributed by atoms with Gasteiger partial charge in [0, 0.05) is 12.0 Å². The first-order chi connectivity index (χ1) is 18.5. The van der Waals surface area contributed by atoms with Gasteiger partial charge in [0.25, 0.3) is 11.8 Å². The Kier molecular flexibility index (Phi) is 9.98. The number of ketones is 1. The summed E-state index contributed by atoms with van der Waals surface area (Å²) in [7, 11) is 0. The number of carbonyl (C=O) groups excluding carboxylic acids is 5. The van der Waals surface area contributed by atoms with Crippen molar-refractivity contribution in [3.63, 3.8) is 0 Å². The van der Waals surface area contributed by atoms with E-state index in [1.165, 1.54) is 0 Å². The number of nitrogens with one attached hydrogen (secondary N) is 2. The fourth-order valence-corrected chi connectivity index (χ4v) is 4.54. The summed E-state index contributed by atoms with van der Waals surface area (Å²) in [6.45, 7) is 7.25. The summed E-state index contributed by atoms with van der Waals surface area (Å²) in [5, 5.41) is 5.17. The maximum absolute atomic E-state index is 13.1. The molecule has 0 aromatic heterocycles. The minimum absolute atomic E-state index is 0.0473. The van der Waals surface area contributed by atoms with Crippen molar-refractivity contribution in [2.45, 2.75) is 71.6 Å². The van der Waals surface area contributed by atoms with Crippen LogP contribution in [0.5, 0.6) is 0 Å². The van der Waals surface area contributed by atoms with Crippen molar-refractivity contribution in [1.29, 1.82) is 0 Å². The van der Waals surface area contributed by atoms with Crippen molar-refractivity contribution in [2.75, 3.05) is 6.54 Å². The van der Waals surface area contributed by atoms with Gasteiger partial charge >= 0.3 is 6.09 Å². The summed E-state index contributed by atoms with van der Waals surface area (Å²) in [5.74, 6) is -2.60. The Morgan fingerprint density at radius 2 is 1.62 bits per heavy atom. The molecule has 2 aromatic carbocycles. The van der Waals surface area contributed by atoms with E-state index in [1.54, 1.807) is 32.9 Å². The maximum Gasteiger partial charge on any atom is 0.408 e. The topological polar surface area (TPSA) is 122 Å². The van der Waals surface area contributed by atoms with Crippen LogP contribution in [0.2, 0.25) is 0 Å². The van der Waals surface area contributed by atoms with Crippen LogP contribution in [0.1, 0.15) is 64.1 Å². The molecule has 2 aromatic rings. The molecule has 39 heavy (non-hydrogen) atoms. The van der Waals surface area contributed by atoms with Crippen molar-refractivity contribution < 1.29 is 28.7 Å². The molecule has 0 saturated carbocycles. The van der Waals surface area contributed by atoms with E-state index in [4.69, 9.17) is 4.74 Å². The highest BCUT2D eigenvalue weighted by Crippen LogP contribution is 2.33. The average molecular weight is 536 g/mol. The molecule has 0 unspecified atom stereocenters. The Morgan fingerprint density at radius 3 is 2.23 bits per heavy atom. The lowest BCUT2D eigenvalue weighted by atomic mass is 9.90. The third kappa shape index (κ3) is 7.75. The summed E-state index contributed by atoms with van der Waals surface area (Å²) in [4.78, 5) is 65.7. The van der Waals surface area contributed by atoms with Crippen molar-refractivity contribution in [3.05, 3.63) is 71.8 Å². The number of unbranched alkanes of at least 4 members (excludes halogenated alkanes) is 1. The van der Waals surface area contributed by atoms with Gasteiger partial charge in [0.15, 0.2) is 6.10 Å². The zero-order valence-electron chi connectivity index (χ0n) is 22.9. The van der Waals surface area contributed by atoms with Gasteiger partial charge in [0.2, 0.25) is 11.7 Å². The molecule has 1 aliphatic heterocycles. The molecule has 208 valence electrons. The average Bonchev–Trinajstić information content (AvgIpc) is 3.15. The minimum atomic E-state index is -1.22. The quantitative estimate of drug-likeness (QED) is 0.423. The van der Waals surface area contributed by atoms with E-state index in [1.807, 2.05) is 55.5 Å². The highest BCUT2D eigenvalue weighted by Gasteiger charge is 2.51. The lowest BCUT2D eigenvalue weighted by Crippen LogP contribution is -2.49. The van der Waals surface area contributed by atoms with Crippen LogP contribution in [0.3, 0.4) is 0 Å². The fraction of sp³-hybridized carbons (Fsp3) is 0.433. The van der Waals surface area contributed by atoms with Gasteiger partial charge in [-0.25, -0.2) is 4.79 Å². The number of likely N-dealkylation sites (tertiary alicyclic amines) is 1. The number of hydrogen-bond acceptors (Lipinski definition) is 6. The summed E-state index contributed by atoms with van der Waals surface area (Å²) >= 11 is 0. The summed E-state index contributed by atoms with van der Waals surface area (Å²) in [6.07, 6.45) is -0.584. The molecule has 1 heterocycles. The second-order valence-electron chi connectivity index (χ2n) is 10.6. The number of nitrogens with zero attached hydrogens (tertiary/aromatic N) is 1. The van der Waals surface area contributed by atoms with Crippen LogP contribution >= 0.6 is 0 Å². The zero-order chi connectivity index (χ0) is 28.6. The molecule has 2 N–H and O–H groups in total. The lowest BCUT2D eigenvalue weighted by Gasteiger charge is -2.25. The van der Waals surface area contributed by atoms with Crippen molar-refractivity contribution >= 4 is 29.6 Å². The van der Waals surface area contributed by atoms with Crippen LogP contribution < -0.4 is 10.6 Å². The van der Waals surface area contributed by atoms with Crippen molar-refractivity contribution in [1.82, 2.24) is 15.5 Å². The number of imide groups is 1. The molecule has 0 bridgehead atoms. The minimum Gasteiger partial charge on any atom is -0.435 e. The number of amides is 4. The second kappa shape index (κ2) is 13.2. The second-order valence-corrected chi connectivity index (χ2v) is 10.6. The lowest BCUT2D eigenvalue weighted by molar-refractivity contribution is -0.145. The van der Waals surface area contributed by atoms with Gasteiger partial charge in [0.05, 0.1) is 12.5 Å². The van der Waals surface area contributed by atoms with Gasteiger partial charge in [-0.05, 0) is 24.5 Å². The van der Waals surface area contributed by atoms with E-state index in [0.29, 0.717) is 6.42 Å². The molecule has 9 nitrogen and oxygen atoms in total. The van der Waals surface area contributed by atoms with Gasteiger partial charge in [-0.15, -0.1) is 0 Å². The third-order valence-corrected chi connectivity index (χ3v) is 6.82. The van der Waals surface area contributed by atoms with Gasteiger partial charge in [-0.2, -0.15) is 0 Å². The first kappa shape index (κ1) is 29.5. The van der Waals surface area contributed by atoms with Crippen LogP contribution in [0.4, 0.5) is 4.79 Å². The van der Waals surface area contributed by atoms with Crippen molar-refractivity contribution in [3.8, 4) is 0 Å². The van der Waals surface area contributed by atoms with E-state index in [2.05, 4.69) is 10.6 Å². The highest BCUT2D eigenvalue weighted by molar-refractivity contribution is 6.38. The number of carbonyl (C=O) groups is 5. The monoisotopic (exact) mass is 535 g/mol. The number of alkyl carbamates (subject to hydrolysis) is 1. The van der Waals surface area contributed by atoms with E-state index >= 15 is 0 Å². The largest absolute Gasteiger partial charge is 0.435 e. The molecule has 3 rings (SSSR count).